The van der Waals surface area contributed by atoms with Gasteiger partial charge in [-0.25, -0.2) is 4.98 Å². The molecule has 1 aromatic heterocycles. The summed E-state index contributed by atoms with van der Waals surface area (Å²) in [6, 6.07) is 0.157. The quantitative estimate of drug-likeness (QED) is 0.747. The number of H-pyrrole nitrogens is 1. The molecule has 1 saturated heterocycles. The predicted molar refractivity (Wildman–Crippen MR) is 97.5 cm³/mol. The number of hydrogen-bond donors (Lipinski definition) is 3. The predicted octanol–water partition coefficient (Wildman–Crippen LogP) is 2.02. The van der Waals surface area contributed by atoms with Crippen molar-refractivity contribution in [3.05, 3.63) is 18.2 Å². The van der Waals surface area contributed by atoms with E-state index < -0.39 is 0 Å². The Kier molecular flexibility index (Phi) is 6.29. The topological polar surface area (TPSA) is 96.1 Å². The molecule has 1 aliphatic carbocycles. The van der Waals surface area contributed by atoms with Crippen LogP contribution in [0.1, 0.15) is 62.9 Å². The number of nitrogens with zero attached hydrogens (tertiary/aromatic N) is 1. The van der Waals surface area contributed by atoms with Crippen LogP contribution in [0, 0.1) is 11.8 Å². The van der Waals surface area contributed by atoms with E-state index in [2.05, 4.69) is 20.6 Å². The Morgan fingerprint density at radius 2 is 2.00 bits per heavy atom. The smallest absolute Gasteiger partial charge is 0.269 e. The van der Waals surface area contributed by atoms with E-state index in [1.54, 1.807) is 0 Å². The van der Waals surface area contributed by atoms with Crippen LogP contribution in [-0.4, -0.2) is 46.6 Å². The number of imidazole rings is 1. The summed E-state index contributed by atoms with van der Waals surface area (Å²) in [5, 5.41) is 6.22. The summed E-state index contributed by atoms with van der Waals surface area (Å²) in [5.74, 6) is 0.501. The van der Waals surface area contributed by atoms with E-state index in [4.69, 9.17) is 4.74 Å². The summed E-state index contributed by atoms with van der Waals surface area (Å²) in [6.07, 6.45) is 8.97. The van der Waals surface area contributed by atoms with Crippen LogP contribution in [0.3, 0.4) is 0 Å². The summed E-state index contributed by atoms with van der Waals surface area (Å²) in [5.41, 5.74) is 0.489. The molecule has 26 heavy (non-hydrogen) atoms. The third-order valence-corrected chi connectivity index (χ3v) is 5.49. The summed E-state index contributed by atoms with van der Waals surface area (Å²) < 4.78 is 5.72. The number of ether oxygens (including phenoxy) is 1. The van der Waals surface area contributed by atoms with Crippen molar-refractivity contribution in [2.45, 2.75) is 70.6 Å². The maximum atomic E-state index is 12.5. The first-order valence-corrected chi connectivity index (χ1v) is 9.73. The Balaban J connectivity index is 1.43. The highest BCUT2D eigenvalue weighted by atomic mass is 16.5. The van der Waals surface area contributed by atoms with Crippen LogP contribution in [0.2, 0.25) is 0 Å². The average molecular weight is 362 g/mol. The molecule has 3 rings (SSSR count). The normalized spacial score (nSPS) is 32.0. The molecule has 3 N–H and O–H groups in total. The SMILES string of the molecule is C[C@@H]1CC(C(=O)NC[C@@H]2CCC[C@H](NC(=O)c3cnc[nH]3)C2)C[C@H](C)O1. The highest BCUT2D eigenvalue weighted by Gasteiger charge is 2.30. The van der Waals surface area contributed by atoms with Gasteiger partial charge < -0.3 is 20.4 Å². The second kappa shape index (κ2) is 8.66. The van der Waals surface area contributed by atoms with Gasteiger partial charge in [-0.1, -0.05) is 6.42 Å². The van der Waals surface area contributed by atoms with E-state index in [1.165, 1.54) is 12.5 Å². The summed E-state index contributed by atoms with van der Waals surface area (Å²) >= 11 is 0. The summed E-state index contributed by atoms with van der Waals surface area (Å²) in [7, 11) is 0. The van der Waals surface area contributed by atoms with Gasteiger partial charge in [0, 0.05) is 18.5 Å². The third-order valence-electron chi connectivity index (χ3n) is 5.49. The van der Waals surface area contributed by atoms with Crippen molar-refractivity contribution in [2.75, 3.05) is 6.54 Å². The second-order valence-electron chi connectivity index (χ2n) is 7.84. The molecule has 7 heteroatoms. The summed E-state index contributed by atoms with van der Waals surface area (Å²) in [6.45, 7) is 4.75. The molecule has 1 aliphatic heterocycles. The first-order valence-electron chi connectivity index (χ1n) is 9.73. The van der Waals surface area contributed by atoms with Gasteiger partial charge >= 0.3 is 0 Å². The minimum Gasteiger partial charge on any atom is -0.376 e. The van der Waals surface area contributed by atoms with E-state index in [-0.39, 0.29) is 36.0 Å². The molecule has 1 unspecified atom stereocenters. The molecule has 2 aliphatic rings. The van der Waals surface area contributed by atoms with Crippen molar-refractivity contribution in [3.8, 4) is 0 Å². The van der Waals surface area contributed by atoms with Gasteiger partial charge in [-0.2, -0.15) is 0 Å². The molecule has 1 aromatic rings. The molecule has 5 atom stereocenters. The Morgan fingerprint density at radius 3 is 2.69 bits per heavy atom. The fourth-order valence-electron chi connectivity index (χ4n) is 4.26. The van der Waals surface area contributed by atoms with E-state index in [0.29, 0.717) is 18.2 Å². The van der Waals surface area contributed by atoms with Gasteiger partial charge in [0.2, 0.25) is 5.91 Å². The first-order chi connectivity index (χ1) is 12.5. The highest BCUT2D eigenvalue weighted by molar-refractivity contribution is 5.92. The zero-order chi connectivity index (χ0) is 18.5. The molecule has 0 spiro atoms. The van der Waals surface area contributed by atoms with Crippen LogP contribution in [0.15, 0.2) is 12.5 Å². The molecule has 144 valence electrons. The largest absolute Gasteiger partial charge is 0.376 e. The van der Waals surface area contributed by atoms with Crippen molar-refractivity contribution >= 4 is 11.8 Å². The van der Waals surface area contributed by atoms with Crippen LogP contribution in [0.5, 0.6) is 0 Å². The lowest BCUT2D eigenvalue weighted by Crippen LogP contribution is -2.43. The van der Waals surface area contributed by atoms with Crippen LogP contribution >= 0.6 is 0 Å². The Bertz CT molecular complexity index is 594. The Labute approximate surface area is 154 Å². The lowest BCUT2D eigenvalue weighted by atomic mass is 9.85. The number of rotatable bonds is 5. The van der Waals surface area contributed by atoms with Crippen molar-refractivity contribution < 1.29 is 14.3 Å². The van der Waals surface area contributed by atoms with Crippen molar-refractivity contribution in [3.63, 3.8) is 0 Å². The van der Waals surface area contributed by atoms with Gasteiger partial charge in [-0.3, -0.25) is 9.59 Å². The van der Waals surface area contributed by atoms with E-state index in [1.807, 2.05) is 13.8 Å². The van der Waals surface area contributed by atoms with Gasteiger partial charge in [-0.15, -0.1) is 0 Å². The fraction of sp³-hybridized carbons (Fsp3) is 0.737. The highest BCUT2D eigenvalue weighted by Crippen LogP contribution is 2.26. The standard InChI is InChI=1S/C19H30N4O3/c1-12-6-15(7-13(2)26-12)18(24)21-9-14-4-3-5-16(8-14)23-19(25)17-10-20-11-22-17/h10-16H,3-9H2,1-2H3,(H,20,22)(H,21,24)(H,23,25)/t12-,13+,14-,15?,16+/m1/s1. The molecule has 0 aromatic carbocycles. The van der Waals surface area contributed by atoms with Crippen molar-refractivity contribution in [2.24, 2.45) is 11.8 Å². The number of carbonyl (C=O) groups excluding carboxylic acids is 2. The van der Waals surface area contributed by atoms with Crippen LogP contribution in [-0.2, 0) is 9.53 Å². The zero-order valence-electron chi connectivity index (χ0n) is 15.7. The number of aromatic amines is 1. The molecular formula is C19H30N4O3. The molecule has 0 radical (unpaired) electrons. The number of hydrogen-bond acceptors (Lipinski definition) is 4. The monoisotopic (exact) mass is 362 g/mol. The van der Waals surface area contributed by atoms with Gasteiger partial charge in [-0.05, 0) is 51.9 Å². The van der Waals surface area contributed by atoms with E-state index >= 15 is 0 Å². The zero-order valence-corrected chi connectivity index (χ0v) is 15.7. The lowest BCUT2D eigenvalue weighted by molar-refractivity contribution is -0.133. The number of aromatic nitrogens is 2. The Morgan fingerprint density at radius 1 is 1.23 bits per heavy atom. The molecular weight excluding hydrogens is 332 g/mol. The minimum absolute atomic E-state index is 0.0493. The maximum absolute atomic E-state index is 12.5. The molecule has 7 nitrogen and oxygen atoms in total. The average Bonchev–Trinajstić information content (AvgIpc) is 3.14. The van der Waals surface area contributed by atoms with Crippen molar-refractivity contribution in [1.29, 1.82) is 0 Å². The van der Waals surface area contributed by atoms with Gasteiger partial charge in [0.05, 0.1) is 24.7 Å². The molecule has 0 bridgehead atoms. The third kappa shape index (κ3) is 5.06. The maximum Gasteiger partial charge on any atom is 0.269 e. The first kappa shape index (κ1) is 18.9. The fourth-order valence-corrected chi connectivity index (χ4v) is 4.26. The molecule has 1 saturated carbocycles. The Hall–Kier alpha value is -1.89. The lowest BCUT2D eigenvalue weighted by Gasteiger charge is -2.33. The number of amides is 2. The van der Waals surface area contributed by atoms with Gasteiger partial charge in [0.1, 0.15) is 5.69 Å². The summed E-state index contributed by atoms with van der Waals surface area (Å²) in [4.78, 5) is 31.4. The number of carbonyl (C=O) groups is 2. The van der Waals surface area contributed by atoms with E-state index in [0.717, 1.165) is 38.5 Å². The second-order valence-corrected chi connectivity index (χ2v) is 7.84. The van der Waals surface area contributed by atoms with Gasteiger partial charge in [0.15, 0.2) is 0 Å². The van der Waals surface area contributed by atoms with Crippen LogP contribution in [0.4, 0.5) is 0 Å². The van der Waals surface area contributed by atoms with Crippen LogP contribution in [0.25, 0.3) is 0 Å². The molecule has 2 heterocycles. The minimum atomic E-state index is -0.109. The van der Waals surface area contributed by atoms with Crippen LogP contribution < -0.4 is 10.6 Å². The van der Waals surface area contributed by atoms with E-state index in [9.17, 15) is 9.59 Å². The van der Waals surface area contributed by atoms with Gasteiger partial charge in [0.25, 0.3) is 5.91 Å². The van der Waals surface area contributed by atoms with Crippen molar-refractivity contribution in [1.82, 2.24) is 20.6 Å². The molecule has 2 amide bonds. The molecule has 2 fully saturated rings. The number of nitrogens with one attached hydrogen (secondary N) is 3.